The zero-order chi connectivity index (χ0) is 8.48. The topological polar surface area (TPSA) is 36.7 Å². The first kappa shape index (κ1) is 8.75. The monoisotopic (exact) mass is 185 g/mol. The molecule has 0 bridgehead atoms. The average Bonchev–Trinajstić information content (AvgIpc) is 1.86. The Morgan fingerprint density at radius 2 is 2.27 bits per heavy atom. The van der Waals surface area contributed by atoms with Crippen LogP contribution in [-0.4, -0.2) is 18.0 Å². The molecule has 57 valence electrons. The second-order valence-corrected chi connectivity index (χ2v) is 5.12. The van der Waals surface area contributed by atoms with Crippen LogP contribution in [0.5, 0.6) is 0 Å². The number of aromatic nitrogens is 1. The first-order valence-electron chi connectivity index (χ1n) is 2.92. The Labute approximate surface area is 72.3 Å². The first-order valence-corrected chi connectivity index (χ1v) is 5.40. The summed E-state index contributed by atoms with van der Waals surface area (Å²) >= 11 is 5.56. The van der Waals surface area contributed by atoms with Gasteiger partial charge in [0.1, 0.15) is 0 Å². The van der Waals surface area contributed by atoms with Crippen LogP contribution in [0.1, 0.15) is 0 Å². The van der Waals surface area contributed by atoms with Crippen LogP contribution in [0.25, 0.3) is 0 Å². The van der Waals surface area contributed by atoms with Crippen LogP contribution in [0.2, 0.25) is 5.15 Å². The first-order chi connectivity index (χ1) is 5.00. The minimum atomic E-state index is -1.89. The number of halogens is 1. The number of nitrogens with zero attached hydrogens (tertiary/aromatic N) is 1. The normalized spacial score (nSPS) is 15.7. The molecule has 5 heteroatoms. The molecule has 0 saturated carbocycles. The van der Waals surface area contributed by atoms with Gasteiger partial charge in [0.25, 0.3) is 0 Å². The van der Waals surface area contributed by atoms with Crippen LogP contribution in [0.3, 0.4) is 0 Å². The summed E-state index contributed by atoms with van der Waals surface area (Å²) in [6.45, 7) is 5.57. The van der Waals surface area contributed by atoms with Gasteiger partial charge in [-0.1, -0.05) is 0 Å². The van der Waals surface area contributed by atoms with Crippen molar-refractivity contribution < 1.29 is 0 Å². The molecule has 0 aromatic carbocycles. The zero-order valence-corrected chi connectivity index (χ0v) is 7.62. The van der Waals surface area contributed by atoms with E-state index in [-0.39, 0.29) is 0 Å². The fraction of sp³-hybridized carbons (Fsp3) is 0.167. The summed E-state index contributed by atoms with van der Waals surface area (Å²) in [6, 6.07) is 3.38. The zero-order valence-electron chi connectivity index (χ0n) is 6.04. The molecule has 11 heavy (non-hydrogen) atoms. The molecule has 1 atom stereocenters. The van der Waals surface area contributed by atoms with E-state index in [1.807, 2.05) is 0 Å². The van der Waals surface area contributed by atoms with E-state index in [4.69, 9.17) is 23.1 Å². The van der Waals surface area contributed by atoms with Crippen LogP contribution in [-0.2, 0) is 9.25 Å². The summed E-state index contributed by atoms with van der Waals surface area (Å²) in [6.07, 6.45) is 3.22. The summed E-state index contributed by atoms with van der Waals surface area (Å²) in [7, 11) is -1.89. The van der Waals surface area contributed by atoms with Gasteiger partial charge in [-0.05, 0) is 0 Å². The molecular formula is C6H7BClN2S. The average molecular weight is 185 g/mol. The molecule has 0 saturated heterocycles. The molecule has 1 aromatic rings. The van der Waals surface area contributed by atoms with Gasteiger partial charge in [0, 0.05) is 0 Å². The van der Waals surface area contributed by atoms with Gasteiger partial charge in [0.15, 0.2) is 0 Å². The van der Waals surface area contributed by atoms with Crippen LogP contribution in [0, 0.1) is 4.78 Å². The molecule has 0 fully saturated rings. The summed E-state index contributed by atoms with van der Waals surface area (Å²) in [5.74, 6) is 0. The molecule has 1 unspecified atom stereocenters. The third kappa shape index (κ3) is 2.31. The summed E-state index contributed by atoms with van der Waals surface area (Å²) in [5.41, 5.74) is 0. The predicted octanol–water partition coefficient (Wildman–Crippen LogP) is 1.72. The van der Waals surface area contributed by atoms with Crippen molar-refractivity contribution in [1.29, 1.82) is 4.78 Å². The van der Waals surface area contributed by atoms with Crippen molar-refractivity contribution in [3.8, 4) is 0 Å². The SMILES string of the molecule is [B]=S(C)(=N)c1ccc(Cl)nc1. The van der Waals surface area contributed by atoms with Gasteiger partial charge in [-0.15, -0.1) is 0 Å². The van der Waals surface area contributed by atoms with E-state index in [1.165, 1.54) is 0 Å². The van der Waals surface area contributed by atoms with Gasteiger partial charge in [0.05, 0.1) is 0 Å². The molecule has 1 rings (SSSR count). The second kappa shape index (κ2) is 2.95. The van der Waals surface area contributed by atoms with Crippen LogP contribution >= 0.6 is 11.6 Å². The Morgan fingerprint density at radius 3 is 2.64 bits per heavy atom. The van der Waals surface area contributed by atoms with Gasteiger partial charge in [-0.3, -0.25) is 0 Å². The van der Waals surface area contributed by atoms with E-state index in [9.17, 15) is 0 Å². The number of hydrogen-bond acceptors (Lipinski definition) is 2. The van der Waals surface area contributed by atoms with Gasteiger partial charge in [-0.25, -0.2) is 0 Å². The summed E-state index contributed by atoms with van der Waals surface area (Å²) < 4.78 is 7.52. The van der Waals surface area contributed by atoms with Crippen molar-refractivity contribution in [1.82, 2.24) is 4.98 Å². The quantitative estimate of drug-likeness (QED) is 0.525. The Morgan fingerprint density at radius 1 is 1.64 bits per heavy atom. The van der Waals surface area contributed by atoms with Crippen LogP contribution < -0.4 is 0 Å². The second-order valence-electron chi connectivity index (χ2n) is 2.30. The standard InChI is InChI=1S/C6H7BClN2S/c1-11(7,9)5-2-3-6(8)10-4-5/h2-4,9H,1H3. The Hall–Kier alpha value is -0.345. The molecule has 0 aliphatic carbocycles. The molecular weight excluding hydrogens is 178 g/mol. The fourth-order valence-electron chi connectivity index (χ4n) is 0.613. The predicted molar refractivity (Wildman–Crippen MR) is 49.3 cm³/mol. The van der Waals surface area contributed by atoms with Gasteiger partial charge in [-0.2, -0.15) is 0 Å². The maximum absolute atomic E-state index is 7.52. The number of pyridine rings is 1. The van der Waals surface area contributed by atoms with Gasteiger partial charge < -0.3 is 0 Å². The Balaban J connectivity index is 3.20. The van der Waals surface area contributed by atoms with Crippen LogP contribution in [0.4, 0.5) is 0 Å². The molecule has 1 aromatic heterocycles. The number of rotatable bonds is 1. The van der Waals surface area contributed by atoms with E-state index in [0.29, 0.717) is 5.15 Å². The summed E-state index contributed by atoms with van der Waals surface area (Å²) in [4.78, 5) is 4.57. The molecule has 1 N–H and O–H groups in total. The van der Waals surface area contributed by atoms with E-state index < -0.39 is 9.25 Å². The van der Waals surface area contributed by atoms with Crippen LogP contribution in [0.15, 0.2) is 23.2 Å². The third-order valence-corrected chi connectivity index (χ3v) is 2.63. The number of hydrogen-bond donors (Lipinski definition) is 1. The molecule has 2 nitrogen and oxygen atoms in total. The van der Waals surface area contributed by atoms with Crippen molar-refractivity contribution in [3.05, 3.63) is 23.5 Å². The molecule has 1 radical (unpaired) electrons. The van der Waals surface area contributed by atoms with E-state index >= 15 is 0 Å². The Kier molecular flexibility index (Phi) is 2.35. The summed E-state index contributed by atoms with van der Waals surface area (Å²) in [5, 5.41) is 0.428. The third-order valence-electron chi connectivity index (χ3n) is 1.19. The van der Waals surface area contributed by atoms with Crippen molar-refractivity contribution in [2.24, 2.45) is 0 Å². The van der Waals surface area contributed by atoms with E-state index in [1.54, 1.807) is 24.6 Å². The maximum atomic E-state index is 7.52. The fourth-order valence-corrected chi connectivity index (χ4v) is 1.35. The van der Waals surface area contributed by atoms with Crippen molar-refractivity contribution in [2.75, 3.05) is 6.26 Å². The van der Waals surface area contributed by atoms with E-state index in [0.717, 1.165) is 4.90 Å². The molecule has 1 heterocycles. The van der Waals surface area contributed by atoms with Crippen molar-refractivity contribution in [2.45, 2.75) is 4.90 Å². The molecule has 0 aliphatic rings. The van der Waals surface area contributed by atoms with Crippen molar-refractivity contribution in [3.63, 3.8) is 0 Å². The van der Waals surface area contributed by atoms with Gasteiger partial charge in [0.2, 0.25) is 0 Å². The molecule has 0 aliphatic heterocycles. The van der Waals surface area contributed by atoms with E-state index in [2.05, 4.69) is 4.98 Å². The molecule has 0 amide bonds. The minimum absolute atomic E-state index is 0.428. The molecule has 0 spiro atoms. The van der Waals surface area contributed by atoms with Crippen molar-refractivity contribution >= 4 is 27.6 Å². The number of nitrogens with one attached hydrogen (secondary N) is 1. The van der Waals surface area contributed by atoms with Gasteiger partial charge >= 0.3 is 72.0 Å². The Bertz CT molecular complexity index is 343.